The molecule has 1 atom stereocenters. The minimum atomic E-state index is -0.373. The third kappa shape index (κ3) is 2.88. The molecule has 0 bridgehead atoms. The van der Waals surface area contributed by atoms with Gasteiger partial charge < -0.3 is 10.5 Å². The molecule has 1 unspecified atom stereocenters. The Hall–Kier alpha value is -2.39. The highest BCUT2D eigenvalue weighted by molar-refractivity contribution is 5.86. The summed E-state index contributed by atoms with van der Waals surface area (Å²) in [6.07, 6.45) is 0. The van der Waals surface area contributed by atoms with Gasteiger partial charge in [0.1, 0.15) is 6.61 Å². The van der Waals surface area contributed by atoms with E-state index in [4.69, 9.17) is 10.5 Å². The molecule has 106 valence electrons. The zero-order valence-corrected chi connectivity index (χ0v) is 11.5. The predicted octanol–water partition coefficient (Wildman–Crippen LogP) is 4.06. The lowest BCUT2D eigenvalue weighted by Crippen LogP contribution is -2.19. The van der Waals surface area contributed by atoms with Crippen molar-refractivity contribution >= 4 is 10.8 Å². The molecule has 3 aromatic rings. The van der Waals surface area contributed by atoms with E-state index in [0.717, 1.165) is 16.3 Å². The lowest BCUT2D eigenvalue weighted by atomic mass is 10.00. The Balaban J connectivity index is 1.81. The van der Waals surface area contributed by atoms with Crippen LogP contribution in [0, 0.1) is 5.82 Å². The van der Waals surface area contributed by atoms with Crippen molar-refractivity contribution in [2.45, 2.75) is 6.04 Å². The van der Waals surface area contributed by atoms with E-state index in [1.807, 2.05) is 42.5 Å². The Kier molecular flexibility index (Phi) is 3.84. The first-order valence-electron chi connectivity index (χ1n) is 6.86. The zero-order valence-electron chi connectivity index (χ0n) is 11.5. The normalized spacial score (nSPS) is 12.3. The van der Waals surface area contributed by atoms with Crippen molar-refractivity contribution in [3.05, 3.63) is 78.1 Å². The number of halogens is 1. The van der Waals surface area contributed by atoms with Gasteiger partial charge in [-0.15, -0.1) is 0 Å². The molecule has 0 aliphatic heterocycles. The predicted molar refractivity (Wildman–Crippen MR) is 82.8 cm³/mol. The average Bonchev–Trinajstić information content (AvgIpc) is 2.53. The highest BCUT2D eigenvalue weighted by Crippen LogP contribution is 2.24. The Morgan fingerprint density at radius 1 is 0.905 bits per heavy atom. The number of ether oxygens (including phenoxy) is 1. The molecule has 21 heavy (non-hydrogen) atoms. The second kappa shape index (κ2) is 5.94. The second-order valence-corrected chi connectivity index (χ2v) is 4.92. The van der Waals surface area contributed by atoms with Crippen LogP contribution in [0.3, 0.4) is 0 Å². The Morgan fingerprint density at radius 3 is 2.48 bits per heavy atom. The van der Waals surface area contributed by atoms with Gasteiger partial charge in [0.15, 0.2) is 11.6 Å². The van der Waals surface area contributed by atoms with E-state index < -0.39 is 0 Å². The molecule has 0 spiro atoms. The first-order valence-corrected chi connectivity index (χ1v) is 6.86. The molecular weight excluding hydrogens is 265 g/mol. The fourth-order valence-electron chi connectivity index (χ4n) is 2.40. The molecule has 0 aliphatic rings. The highest BCUT2D eigenvalue weighted by atomic mass is 19.1. The van der Waals surface area contributed by atoms with Crippen LogP contribution in [0.2, 0.25) is 0 Å². The molecule has 0 aromatic heterocycles. The van der Waals surface area contributed by atoms with Crippen molar-refractivity contribution in [3.8, 4) is 5.75 Å². The second-order valence-electron chi connectivity index (χ2n) is 4.92. The maximum atomic E-state index is 13.5. The van der Waals surface area contributed by atoms with E-state index in [-0.39, 0.29) is 24.2 Å². The third-order valence-electron chi connectivity index (χ3n) is 3.48. The topological polar surface area (TPSA) is 35.2 Å². The smallest absolute Gasteiger partial charge is 0.165 e. The average molecular weight is 281 g/mol. The Bertz CT molecular complexity index is 752. The third-order valence-corrected chi connectivity index (χ3v) is 3.48. The molecule has 3 rings (SSSR count). The summed E-state index contributed by atoms with van der Waals surface area (Å²) in [5.41, 5.74) is 7.22. The summed E-state index contributed by atoms with van der Waals surface area (Å²) in [4.78, 5) is 0. The molecular formula is C18H16FNO. The summed E-state index contributed by atoms with van der Waals surface area (Å²) >= 11 is 0. The molecule has 0 saturated heterocycles. The fraction of sp³-hybridized carbons (Fsp3) is 0.111. The van der Waals surface area contributed by atoms with Crippen LogP contribution in [0.1, 0.15) is 11.6 Å². The molecule has 0 aliphatic carbocycles. The zero-order chi connectivity index (χ0) is 14.7. The number of nitrogens with two attached hydrogens (primary N) is 1. The summed E-state index contributed by atoms with van der Waals surface area (Å²) < 4.78 is 19.0. The minimum Gasteiger partial charge on any atom is -0.489 e. The van der Waals surface area contributed by atoms with Gasteiger partial charge in [0.2, 0.25) is 0 Å². The summed E-state index contributed by atoms with van der Waals surface area (Å²) in [5, 5.41) is 2.24. The van der Waals surface area contributed by atoms with Gasteiger partial charge in [0.25, 0.3) is 0 Å². The molecule has 3 aromatic carbocycles. The van der Waals surface area contributed by atoms with E-state index in [0.29, 0.717) is 0 Å². The van der Waals surface area contributed by atoms with Crippen LogP contribution >= 0.6 is 0 Å². The monoisotopic (exact) mass is 281 g/mol. The van der Waals surface area contributed by atoms with Crippen LogP contribution in [-0.4, -0.2) is 6.61 Å². The van der Waals surface area contributed by atoms with Crippen LogP contribution in [0.4, 0.5) is 4.39 Å². The molecule has 2 nitrogen and oxygen atoms in total. The van der Waals surface area contributed by atoms with E-state index in [2.05, 4.69) is 0 Å². The summed E-state index contributed by atoms with van der Waals surface area (Å²) in [5.74, 6) is -0.143. The highest BCUT2D eigenvalue weighted by Gasteiger charge is 2.11. The summed E-state index contributed by atoms with van der Waals surface area (Å²) in [6, 6.07) is 20.1. The van der Waals surface area contributed by atoms with Crippen molar-refractivity contribution in [1.82, 2.24) is 0 Å². The Morgan fingerprint density at radius 2 is 1.62 bits per heavy atom. The van der Waals surface area contributed by atoms with E-state index >= 15 is 0 Å². The van der Waals surface area contributed by atoms with Crippen LogP contribution in [0.5, 0.6) is 5.75 Å². The lowest BCUT2D eigenvalue weighted by Gasteiger charge is -2.16. The summed E-state index contributed by atoms with van der Waals surface area (Å²) in [6.45, 7) is 0.231. The maximum absolute atomic E-state index is 13.5. The standard InChI is InChI=1S/C18H16FNO/c19-16-10-3-4-11-18(16)21-12-17(20)15-9-5-7-13-6-1-2-8-14(13)15/h1-11,17H,12,20H2. The first kappa shape index (κ1) is 13.6. The van der Waals surface area contributed by atoms with Crippen molar-refractivity contribution in [1.29, 1.82) is 0 Å². The van der Waals surface area contributed by atoms with Gasteiger partial charge in [0, 0.05) is 0 Å². The van der Waals surface area contributed by atoms with Gasteiger partial charge in [-0.3, -0.25) is 0 Å². The van der Waals surface area contributed by atoms with Crippen LogP contribution in [0.25, 0.3) is 10.8 Å². The van der Waals surface area contributed by atoms with E-state index in [1.54, 1.807) is 18.2 Å². The van der Waals surface area contributed by atoms with Gasteiger partial charge in [-0.2, -0.15) is 0 Å². The molecule has 0 heterocycles. The van der Waals surface area contributed by atoms with E-state index in [1.165, 1.54) is 6.07 Å². The molecule has 0 radical (unpaired) electrons. The van der Waals surface area contributed by atoms with Crippen molar-refractivity contribution in [2.24, 2.45) is 5.73 Å². The number of rotatable bonds is 4. The molecule has 0 amide bonds. The Labute approximate surface area is 123 Å². The van der Waals surface area contributed by atoms with E-state index in [9.17, 15) is 4.39 Å². The number of hydrogen-bond acceptors (Lipinski definition) is 2. The van der Waals surface area contributed by atoms with Gasteiger partial charge >= 0.3 is 0 Å². The number of para-hydroxylation sites is 1. The SMILES string of the molecule is NC(COc1ccccc1F)c1cccc2ccccc12. The molecule has 0 fully saturated rings. The van der Waals surface area contributed by atoms with Crippen molar-refractivity contribution in [3.63, 3.8) is 0 Å². The summed E-state index contributed by atoms with van der Waals surface area (Å²) in [7, 11) is 0. The number of fused-ring (bicyclic) bond motifs is 1. The van der Waals surface area contributed by atoms with Gasteiger partial charge in [-0.05, 0) is 28.5 Å². The molecule has 0 saturated carbocycles. The molecule has 3 heteroatoms. The fourth-order valence-corrected chi connectivity index (χ4v) is 2.40. The van der Waals surface area contributed by atoms with Gasteiger partial charge in [0.05, 0.1) is 6.04 Å². The largest absolute Gasteiger partial charge is 0.489 e. The quantitative estimate of drug-likeness (QED) is 0.782. The van der Waals surface area contributed by atoms with Crippen LogP contribution < -0.4 is 10.5 Å². The maximum Gasteiger partial charge on any atom is 0.165 e. The lowest BCUT2D eigenvalue weighted by molar-refractivity contribution is 0.278. The minimum absolute atomic E-state index is 0.230. The van der Waals surface area contributed by atoms with Crippen LogP contribution in [0.15, 0.2) is 66.7 Å². The first-order chi connectivity index (χ1) is 10.3. The van der Waals surface area contributed by atoms with Gasteiger partial charge in [-0.1, -0.05) is 54.6 Å². The van der Waals surface area contributed by atoms with Crippen molar-refractivity contribution < 1.29 is 9.13 Å². The van der Waals surface area contributed by atoms with Gasteiger partial charge in [-0.25, -0.2) is 4.39 Å². The number of hydrogen-bond donors (Lipinski definition) is 1. The number of benzene rings is 3. The molecule has 2 N–H and O–H groups in total. The van der Waals surface area contributed by atoms with Crippen molar-refractivity contribution in [2.75, 3.05) is 6.61 Å². The van der Waals surface area contributed by atoms with Crippen LogP contribution in [-0.2, 0) is 0 Å².